The Balaban J connectivity index is 1.86. The van der Waals surface area contributed by atoms with Crippen molar-refractivity contribution in [3.8, 4) is 11.6 Å². The Bertz CT molecular complexity index is 704. The molecule has 0 bridgehead atoms. The summed E-state index contributed by atoms with van der Waals surface area (Å²) in [7, 11) is 1.58. The molecule has 0 fully saturated rings. The molecule has 0 aliphatic carbocycles. The number of anilines is 1. The summed E-state index contributed by atoms with van der Waals surface area (Å²) in [5.41, 5.74) is -0.303. The van der Waals surface area contributed by atoms with E-state index in [0.29, 0.717) is 25.3 Å². The highest BCUT2D eigenvalue weighted by atomic mass is 19.4. The maximum absolute atomic E-state index is 12.5. The van der Waals surface area contributed by atoms with E-state index in [2.05, 4.69) is 15.6 Å². The van der Waals surface area contributed by atoms with Gasteiger partial charge >= 0.3 is 12.2 Å². The van der Waals surface area contributed by atoms with Gasteiger partial charge in [0.15, 0.2) is 0 Å². The van der Waals surface area contributed by atoms with Crippen LogP contribution in [0.15, 0.2) is 42.6 Å². The second-order valence-corrected chi connectivity index (χ2v) is 5.24. The Morgan fingerprint density at radius 2 is 1.88 bits per heavy atom. The van der Waals surface area contributed by atoms with Gasteiger partial charge in [-0.05, 0) is 36.8 Å². The fourth-order valence-electron chi connectivity index (χ4n) is 1.94. The van der Waals surface area contributed by atoms with Crippen LogP contribution in [0.3, 0.4) is 0 Å². The maximum atomic E-state index is 12.5. The lowest BCUT2D eigenvalue weighted by Crippen LogP contribution is -2.30. The molecular weight excluding hydrogens is 351 g/mol. The maximum Gasteiger partial charge on any atom is 0.416 e. The van der Waals surface area contributed by atoms with Crippen molar-refractivity contribution in [2.24, 2.45) is 0 Å². The van der Waals surface area contributed by atoms with Crippen LogP contribution in [0.1, 0.15) is 12.0 Å². The highest BCUT2D eigenvalue weighted by molar-refractivity contribution is 5.88. The van der Waals surface area contributed by atoms with Gasteiger partial charge in [-0.25, -0.2) is 9.78 Å². The summed E-state index contributed by atoms with van der Waals surface area (Å²) in [6.07, 6.45) is -2.32. The summed E-state index contributed by atoms with van der Waals surface area (Å²) < 4.78 is 47.8. The van der Waals surface area contributed by atoms with E-state index in [1.54, 1.807) is 13.2 Å². The Hall–Kier alpha value is -2.81. The van der Waals surface area contributed by atoms with Gasteiger partial charge in [-0.1, -0.05) is 0 Å². The monoisotopic (exact) mass is 369 g/mol. The largest absolute Gasteiger partial charge is 0.439 e. The first-order valence-electron chi connectivity index (χ1n) is 7.73. The molecule has 2 aromatic rings. The smallest absolute Gasteiger partial charge is 0.416 e. The zero-order chi connectivity index (χ0) is 19.0. The van der Waals surface area contributed by atoms with Crippen LogP contribution < -0.4 is 15.4 Å². The van der Waals surface area contributed by atoms with Crippen LogP contribution in [0.2, 0.25) is 0 Å². The zero-order valence-electron chi connectivity index (χ0n) is 14.0. The van der Waals surface area contributed by atoms with Gasteiger partial charge < -0.3 is 20.1 Å². The third kappa shape index (κ3) is 6.25. The molecule has 1 aromatic carbocycles. The average Bonchev–Trinajstić information content (AvgIpc) is 2.60. The molecule has 9 heteroatoms. The summed E-state index contributed by atoms with van der Waals surface area (Å²) in [6, 6.07) is 6.98. The highest BCUT2D eigenvalue weighted by Gasteiger charge is 2.30. The molecule has 1 heterocycles. The lowest BCUT2D eigenvalue weighted by atomic mass is 10.2. The number of hydrogen-bond donors (Lipinski definition) is 2. The summed E-state index contributed by atoms with van der Waals surface area (Å²) in [6.45, 7) is 1.03. The van der Waals surface area contributed by atoms with E-state index in [4.69, 9.17) is 9.47 Å². The van der Waals surface area contributed by atoms with Gasteiger partial charge in [0, 0.05) is 26.3 Å². The third-order valence-electron chi connectivity index (χ3n) is 3.21. The number of urea groups is 1. The second kappa shape index (κ2) is 9.04. The van der Waals surface area contributed by atoms with E-state index in [9.17, 15) is 18.0 Å². The van der Waals surface area contributed by atoms with Crippen molar-refractivity contribution in [3.63, 3.8) is 0 Å². The number of amides is 2. The van der Waals surface area contributed by atoms with Gasteiger partial charge in [-0.2, -0.15) is 13.2 Å². The lowest BCUT2D eigenvalue weighted by molar-refractivity contribution is -0.137. The molecule has 26 heavy (non-hydrogen) atoms. The number of nitrogens with zero attached hydrogens (tertiary/aromatic N) is 1. The van der Waals surface area contributed by atoms with Crippen molar-refractivity contribution < 1.29 is 27.4 Å². The standard InChI is InChI=1S/C17H18F3N3O3/c1-25-10-2-9-21-16(24)23-13-5-8-15(22-11-13)26-14-6-3-12(4-7-14)17(18,19)20/h3-8,11H,2,9-10H2,1H3,(H2,21,23,24). The van der Waals surface area contributed by atoms with Gasteiger partial charge in [-0.15, -0.1) is 0 Å². The fraction of sp³-hybridized carbons (Fsp3) is 0.294. The van der Waals surface area contributed by atoms with Crippen molar-refractivity contribution in [2.45, 2.75) is 12.6 Å². The van der Waals surface area contributed by atoms with E-state index in [1.165, 1.54) is 24.4 Å². The predicted octanol–water partition coefficient (Wildman–Crippen LogP) is 4.05. The van der Waals surface area contributed by atoms with Gasteiger partial charge in [0.1, 0.15) is 5.75 Å². The van der Waals surface area contributed by atoms with Gasteiger partial charge in [-0.3, -0.25) is 0 Å². The normalized spacial score (nSPS) is 11.1. The SMILES string of the molecule is COCCCNC(=O)Nc1ccc(Oc2ccc(C(F)(F)F)cc2)nc1. The van der Waals surface area contributed by atoms with Crippen LogP contribution in [-0.4, -0.2) is 31.3 Å². The molecule has 0 saturated heterocycles. The van der Waals surface area contributed by atoms with E-state index >= 15 is 0 Å². The first-order valence-corrected chi connectivity index (χ1v) is 7.73. The summed E-state index contributed by atoms with van der Waals surface area (Å²) in [4.78, 5) is 15.7. The minimum Gasteiger partial charge on any atom is -0.439 e. The molecule has 0 atom stereocenters. The molecule has 0 spiro atoms. The van der Waals surface area contributed by atoms with Crippen molar-refractivity contribution in [1.82, 2.24) is 10.3 Å². The van der Waals surface area contributed by atoms with Crippen LogP contribution in [0.5, 0.6) is 11.6 Å². The van der Waals surface area contributed by atoms with Crippen LogP contribution in [-0.2, 0) is 10.9 Å². The average molecular weight is 369 g/mol. The van der Waals surface area contributed by atoms with Crippen LogP contribution in [0.4, 0.5) is 23.7 Å². The predicted molar refractivity (Wildman–Crippen MR) is 89.3 cm³/mol. The third-order valence-corrected chi connectivity index (χ3v) is 3.21. The number of rotatable bonds is 7. The molecule has 0 radical (unpaired) electrons. The molecule has 2 N–H and O–H groups in total. The molecule has 1 aromatic heterocycles. The van der Waals surface area contributed by atoms with Crippen molar-refractivity contribution in [1.29, 1.82) is 0 Å². The van der Waals surface area contributed by atoms with E-state index in [1.807, 2.05) is 0 Å². The second-order valence-electron chi connectivity index (χ2n) is 5.24. The van der Waals surface area contributed by atoms with E-state index in [-0.39, 0.29) is 17.7 Å². The molecule has 2 rings (SSSR count). The Morgan fingerprint density at radius 3 is 2.46 bits per heavy atom. The number of nitrogens with one attached hydrogen (secondary N) is 2. The van der Waals surface area contributed by atoms with Crippen LogP contribution >= 0.6 is 0 Å². The van der Waals surface area contributed by atoms with Crippen molar-refractivity contribution >= 4 is 11.7 Å². The Labute approximate surface area is 148 Å². The van der Waals surface area contributed by atoms with Crippen LogP contribution in [0, 0.1) is 0 Å². The number of aromatic nitrogens is 1. The summed E-state index contributed by atoms with van der Waals surface area (Å²) in [5, 5.41) is 5.26. The number of carbonyl (C=O) groups is 1. The molecule has 0 saturated carbocycles. The topological polar surface area (TPSA) is 72.5 Å². The summed E-state index contributed by atoms with van der Waals surface area (Å²) >= 11 is 0. The number of ether oxygens (including phenoxy) is 2. The number of methoxy groups -OCH3 is 1. The van der Waals surface area contributed by atoms with Gasteiger partial charge in [0.2, 0.25) is 5.88 Å². The minimum absolute atomic E-state index is 0.191. The number of pyridine rings is 1. The number of alkyl halides is 3. The molecule has 140 valence electrons. The zero-order valence-corrected chi connectivity index (χ0v) is 14.0. The number of carbonyl (C=O) groups excluding carboxylic acids is 1. The molecule has 0 unspecified atom stereocenters. The quantitative estimate of drug-likeness (QED) is 0.722. The van der Waals surface area contributed by atoms with Crippen molar-refractivity contribution in [3.05, 3.63) is 48.2 Å². The van der Waals surface area contributed by atoms with Gasteiger partial charge in [0.05, 0.1) is 17.4 Å². The molecule has 6 nitrogen and oxygen atoms in total. The molecule has 0 aliphatic heterocycles. The Kier molecular flexibility index (Phi) is 6.79. The first-order chi connectivity index (χ1) is 12.4. The number of hydrogen-bond acceptors (Lipinski definition) is 4. The lowest BCUT2D eigenvalue weighted by Gasteiger charge is -2.09. The van der Waals surface area contributed by atoms with Gasteiger partial charge in [0.25, 0.3) is 0 Å². The van der Waals surface area contributed by atoms with E-state index < -0.39 is 11.7 Å². The first kappa shape index (κ1) is 19.5. The molecule has 0 aliphatic rings. The fourth-order valence-corrected chi connectivity index (χ4v) is 1.94. The number of halogens is 3. The minimum atomic E-state index is -4.39. The van der Waals surface area contributed by atoms with E-state index in [0.717, 1.165) is 12.1 Å². The molecular formula is C17H18F3N3O3. The van der Waals surface area contributed by atoms with Crippen molar-refractivity contribution in [2.75, 3.05) is 25.6 Å². The van der Waals surface area contributed by atoms with Crippen LogP contribution in [0.25, 0.3) is 0 Å². The highest BCUT2D eigenvalue weighted by Crippen LogP contribution is 2.31. The molecule has 2 amide bonds. The Morgan fingerprint density at radius 1 is 1.15 bits per heavy atom. The summed E-state index contributed by atoms with van der Waals surface area (Å²) in [5.74, 6) is 0.415. The number of benzene rings is 1.